The van der Waals surface area contributed by atoms with Crippen LogP contribution in [-0.4, -0.2) is 23.3 Å². The summed E-state index contributed by atoms with van der Waals surface area (Å²) >= 11 is 0. The maximum absolute atomic E-state index is 11.0. The molecule has 0 amide bonds. The Morgan fingerprint density at radius 1 is 1.40 bits per heavy atom. The van der Waals surface area contributed by atoms with Crippen molar-refractivity contribution >= 4 is 5.97 Å². The van der Waals surface area contributed by atoms with Gasteiger partial charge in [-0.25, -0.2) is 0 Å². The second-order valence-corrected chi connectivity index (χ2v) is 3.43. The number of phenols is 2. The van der Waals surface area contributed by atoms with Gasteiger partial charge in [-0.3, -0.25) is 4.79 Å². The summed E-state index contributed by atoms with van der Waals surface area (Å²) < 4.78 is 4.55. The monoisotopic (exact) mass is 210 g/mol. The lowest BCUT2D eigenvalue weighted by Crippen LogP contribution is -2.05. The van der Waals surface area contributed by atoms with Crippen molar-refractivity contribution in [2.75, 3.05) is 7.11 Å². The van der Waals surface area contributed by atoms with Gasteiger partial charge in [0.1, 0.15) is 0 Å². The van der Waals surface area contributed by atoms with Gasteiger partial charge in [0.2, 0.25) is 0 Å². The molecule has 1 aromatic carbocycles. The molecule has 0 heterocycles. The predicted octanol–water partition coefficient (Wildman–Crippen LogP) is 1.76. The molecule has 1 atom stereocenters. The van der Waals surface area contributed by atoms with Gasteiger partial charge in [0, 0.05) is 0 Å². The van der Waals surface area contributed by atoms with Crippen LogP contribution in [0.4, 0.5) is 0 Å². The predicted molar refractivity (Wildman–Crippen MR) is 54.8 cm³/mol. The third kappa shape index (κ3) is 2.87. The molecule has 1 rings (SSSR count). The van der Waals surface area contributed by atoms with Crippen LogP contribution in [-0.2, 0) is 9.53 Å². The van der Waals surface area contributed by atoms with Crippen molar-refractivity contribution in [1.29, 1.82) is 0 Å². The Balaban J connectivity index is 2.78. The van der Waals surface area contributed by atoms with Crippen molar-refractivity contribution in [3.63, 3.8) is 0 Å². The molecule has 0 saturated heterocycles. The fraction of sp³-hybridized carbons (Fsp3) is 0.364. The second kappa shape index (κ2) is 4.68. The molecule has 0 bridgehead atoms. The van der Waals surface area contributed by atoms with Crippen LogP contribution < -0.4 is 0 Å². The zero-order valence-corrected chi connectivity index (χ0v) is 8.73. The van der Waals surface area contributed by atoms with E-state index in [0.717, 1.165) is 5.56 Å². The average molecular weight is 210 g/mol. The first-order chi connectivity index (χ1) is 7.04. The molecule has 15 heavy (non-hydrogen) atoms. The molecule has 0 aliphatic rings. The Morgan fingerprint density at radius 3 is 2.60 bits per heavy atom. The standard InChI is InChI=1S/C11H14O4/c1-7(5-11(14)15-2)8-3-4-9(12)10(13)6-8/h3-4,6-7,12-13H,5H2,1-2H3. The Kier molecular flexibility index (Phi) is 3.55. The molecule has 0 aliphatic heterocycles. The quantitative estimate of drug-likeness (QED) is 0.589. The fourth-order valence-corrected chi connectivity index (χ4v) is 1.30. The normalized spacial score (nSPS) is 12.1. The van der Waals surface area contributed by atoms with Gasteiger partial charge in [0.05, 0.1) is 13.5 Å². The van der Waals surface area contributed by atoms with Gasteiger partial charge in [0.15, 0.2) is 11.5 Å². The lowest BCUT2D eigenvalue weighted by atomic mass is 9.97. The highest BCUT2D eigenvalue weighted by Gasteiger charge is 2.12. The Morgan fingerprint density at radius 2 is 2.07 bits per heavy atom. The van der Waals surface area contributed by atoms with E-state index in [1.807, 2.05) is 6.92 Å². The lowest BCUT2D eigenvalue weighted by Gasteiger charge is -2.10. The maximum atomic E-state index is 11.0. The van der Waals surface area contributed by atoms with E-state index in [1.54, 1.807) is 6.07 Å². The molecule has 0 spiro atoms. The van der Waals surface area contributed by atoms with Crippen LogP contribution >= 0.6 is 0 Å². The molecular weight excluding hydrogens is 196 g/mol. The number of hydrogen-bond donors (Lipinski definition) is 2. The van der Waals surface area contributed by atoms with Crippen molar-refractivity contribution in [2.24, 2.45) is 0 Å². The summed E-state index contributed by atoms with van der Waals surface area (Å²) in [6.45, 7) is 1.85. The molecule has 0 fully saturated rings. The highest BCUT2D eigenvalue weighted by molar-refractivity contribution is 5.70. The number of aromatic hydroxyl groups is 2. The summed E-state index contributed by atoms with van der Waals surface area (Å²) in [5.74, 6) is -0.688. The molecule has 82 valence electrons. The fourth-order valence-electron chi connectivity index (χ4n) is 1.30. The summed E-state index contributed by atoms with van der Waals surface area (Å²) in [7, 11) is 1.34. The third-order valence-electron chi connectivity index (χ3n) is 2.27. The van der Waals surface area contributed by atoms with E-state index in [9.17, 15) is 9.90 Å². The SMILES string of the molecule is COC(=O)CC(C)c1ccc(O)c(O)c1. The van der Waals surface area contributed by atoms with Crippen LogP contribution in [0.1, 0.15) is 24.8 Å². The van der Waals surface area contributed by atoms with E-state index in [-0.39, 0.29) is 29.8 Å². The number of carbonyl (C=O) groups excluding carboxylic acids is 1. The van der Waals surface area contributed by atoms with Crippen molar-refractivity contribution in [2.45, 2.75) is 19.3 Å². The van der Waals surface area contributed by atoms with Gasteiger partial charge in [0.25, 0.3) is 0 Å². The number of ether oxygens (including phenoxy) is 1. The van der Waals surface area contributed by atoms with E-state index in [4.69, 9.17) is 5.11 Å². The lowest BCUT2D eigenvalue weighted by molar-refractivity contribution is -0.140. The number of rotatable bonds is 3. The number of phenolic OH excluding ortho intramolecular Hbond substituents is 2. The van der Waals surface area contributed by atoms with E-state index in [2.05, 4.69) is 4.74 Å². The molecule has 0 saturated carbocycles. The van der Waals surface area contributed by atoms with E-state index >= 15 is 0 Å². The van der Waals surface area contributed by atoms with Gasteiger partial charge >= 0.3 is 5.97 Å². The van der Waals surface area contributed by atoms with Crippen molar-refractivity contribution in [3.8, 4) is 11.5 Å². The minimum Gasteiger partial charge on any atom is -0.504 e. The van der Waals surface area contributed by atoms with Crippen LogP contribution in [0, 0.1) is 0 Å². The molecule has 0 aliphatic carbocycles. The van der Waals surface area contributed by atoms with E-state index in [0.29, 0.717) is 0 Å². The number of methoxy groups -OCH3 is 1. The highest BCUT2D eigenvalue weighted by atomic mass is 16.5. The van der Waals surface area contributed by atoms with Crippen LogP contribution in [0.2, 0.25) is 0 Å². The minimum atomic E-state index is -0.296. The number of esters is 1. The minimum absolute atomic E-state index is 0.0519. The molecule has 2 N–H and O–H groups in total. The Hall–Kier alpha value is -1.71. The molecular formula is C11H14O4. The third-order valence-corrected chi connectivity index (χ3v) is 2.27. The number of hydrogen-bond acceptors (Lipinski definition) is 4. The molecule has 1 unspecified atom stereocenters. The first kappa shape index (κ1) is 11.4. The van der Waals surface area contributed by atoms with Crippen molar-refractivity contribution in [3.05, 3.63) is 23.8 Å². The first-order valence-electron chi connectivity index (χ1n) is 4.63. The zero-order chi connectivity index (χ0) is 11.4. The van der Waals surface area contributed by atoms with Crippen LogP contribution in [0.25, 0.3) is 0 Å². The topological polar surface area (TPSA) is 66.8 Å². The highest BCUT2D eigenvalue weighted by Crippen LogP contribution is 2.29. The molecule has 4 heteroatoms. The van der Waals surface area contributed by atoms with Gasteiger partial charge in [-0.15, -0.1) is 0 Å². The van der Waals surface area contributed by atoms with Crippen molar-refractivity contribution < 1.29 is 19.7 Å². The van der Waals surface area contributed by atoms with Crippen LogP contribution in [0.15, 0.2) is 18.2 Å². The molecule has 4 nitrogen and oxygen atoms in total. The van der Waals surface area contributed by atoms with Gasteiger partial charge < -0.3 is 14.9 Å². The first-order valence-corrected chi connectivity index (χ1v) is 4.63. The number of benzene rings is 1. The molecule has 0 aromatic heterocycles. The Bertz CT molecular complexity index is 360. The summed E-state index contributed by atoms with van der Waals surface area (Å²) in [6.07, 6.45) is 0.251. The van der Waals surface area contributed by atoms with Crippen LogP contribution in [0.5, 0.6) is 11.5 Å². The van der Waals surface area contributed by atoms with Gasteiger partial charge in [-0.1, -0.05) is 13.0 Å². The molecule has 1 aromatic rings. The summed E-state index contributed by atoms with van der Waals surface area (Å²) in [5.41, 5.74) is 0.788. The second-order valence-electron chi connectivity index (χ2n) is 3.43. The smallest absolute Gasteiger partial charge is 0.306 e. The van der Waals surface area contributed by atoms with Gasteiger partial charge in [-0.2, -0.15) is 0 Å². The van der Waals surface area contributed by atoms with Crippen LogP contribution in [0.3, 0.4) is 0 Å². The summed E-state index contributed by atoms with van der Waals surface area (Å²) in [6, 6.07) is 4.52. The van der Waals surface area contributed by atoms with Crippen molar-refractivity contribution in [1.82, 2.24) is 0 Å². The molecule has 0 radical (unpaired) electrons. The maximum Gasteiger partial charge on any atom is 0.306 e. The van der Waals surface area contributed by atoms with E-state index < -0.39 is 0 Å². The average Bonchev–Trinajstić information content (AvgIpc) is 2.21. The summed E-state index contributed by atoms with van der Waals surface area (Å²) in [5, 5.41) is 18.4. The summed E-state index contributed by atoms with van der Waals surface area (Å²) in [4.78, 5) is 11.0. The van der Waals surface area contributed by atoms with E-state index in [1.165, 1.54) is 19.2 Å². The van der Waals surface area contributed by atoms with Gasteiger partial charge in [-0.05, 0) is 23.6 Å². The zero-order valence-electron chi connectivity index (χ0n) is 8.73. The largest absolute Gasteiger partial charge is 0.504 e. The number of carbonyl (C=O) groups is 1. The Labute approximate surface area is 88.1 Å².